The third-order valence-electron chi connectivity index (χ3n) is 2.91. The molecule has 6 heteroatoms. The van der Waals surface area contributed by atoms with Gasteiger partial charge in [-0.25, -0.2) is 4.98 Å². The van der Waals surface area contributed by atoms with E-state index in [4.69, 9.17) is 4.42 Å². The van der Waals surface area contributed by atoms with Crippen molar-refractivity contribution >= 4 is 22.4 Å². The van der Waals surface area contributed by atoms with Crippen molar-refractivity contribution in [3.63, 3.8) is 0 Å². The second kappa shape index (κ2) is 5.05. The molecule has 2 heterocycles. The van der Waals surface area contributed by atoms with Crippen LogP contribution in [0.25, 0.3) is 0 Å². The van der Waals surface area contributed by atoms with Crippen LogP contribution in [0.4, 0.5) is 5.13 Å². The zero-order chi connectivity index (χ0) is 13.2. The van der Waals surface area contributed by atoms with E-state index in [1.165, 1.54) is 24.2 Å². The summed E-state index contributed by atoms with van der Waals surface area (Å²) < 4.78 is 5.18. The summed E-state index contributed by atoms with van der Waals surface area (Å²) >= 11 is 1.41. The quantitative estimate of drug-likeness (QED) is 0.881. The van der Waals surface area contributed by atoms with Gasteiger partial charge in [0, 0.05) is 6.04 Å². The number of furan rings is 1. The first-order valence-electron chi connectivity index (χ1n) is 6.27. The molecule has 0 aromatic carbocycles. The topological polar surface area (TPSA) is 67.2 Å². The number of carbonyl (C=O) groups excluding carboxylic acids is 1. The molecule has 100 valence electrons. The van der Waals surface area contributed by atoms with Crippen molar-refractivity contribution in [2.45, 2.75) is 32.4 Å². The van der Waals surface area contributed by atoms with Crippen LogP contribution in [0.3, 0.4) is 0 Å². The van der Waals surface area contributed by atoms with Crippen LogP contribution in [-0.4, -0.2) is 16.9 Å². The lowest BCUT2D eigenvalue weighted by atomic mass is 10.3. The van der Waals surface area contributed by atoms with Crippen LogP contribution in [-0.2, 0) is 6.54 Å². The van der Waals surface area contributed by atoms with E-state index in [9.17, 15) is 4.79 Å². The van der Waals surface area contributed by atoms with Crippen LogP contribution in [0.2, 0.25) is 0 Å². The Labute approximate surface area is 115 Å². The van der Waals surface area contributed by atoms with Crippen molar-refractivity contribution in [1.82, 2.24) is 10.3 Å². The first-order chi connectivity index (χ1) is 9.22. The van der Waals surface area contributed by atoms with Crippen molar-refractivity contribution in [2.75, 3.05) is 5.32 Å². The van der Waals surface area contributed by atoms with E-state index < -0.39 is 0 Å². The molecule has 0 radical (unpaired) electrons. The van der Waals surface area contributed by atoms with Crippen molar-refractivity contribution in [2.24, 2.45) is 0 Å². The predicted molar refractivity (Wildman–Crippen MR) is 73.4 cm³/mol. The van der Waals surface area contributed by atoms with Gasteiger partial charge in [-0.15, -0.1) is 0 Å². The molecule has 1 amide bonds. The van der Waals surface area contributed by atoms with Crippen molar-refractivity contribution < 1.29 is 9.21 Å². The summed E-state index contributed by atoms with van der Waals surface area (Å²) in [4.78, 5) is 17.1. The van der Waals surface area contributed by atoms with Crippen molar-refractivity contribution in [3.05, 3.63) is 34.7 Å². The van der Waals surface area contributed by atoms with Crippen molar-refractivity contribution in [1.29, 1.82) is 0 Å². The molecule has 1 saturated carbocycles. The molecule has 0 bridgehead atoms. The van der Waals surface area contributed by atoms with Crippen molar-refractivity contribution in [3.8, 4) is 0 Å². The van der Waals surface area contributed by atoms with Crippen LogP contribution < -0.4 is 10.6 Å². The van der Waals surface area contributed by atoms with E-state index >= 15 is 0 Å². The third-order valence-corrected chi connectivity index (χ3v) is 4.00. The Kier molecular flexibility index (Phi) is 3.25. The highest BCUT2D eigenvalue weighted by Crippen LogP contribution is 2.29. The number of rotatable bonds is 5. The number of nitrogens with one attached hydrogen (secondary N) is 2. The number of amides is 1. The molecule has 1 fully saturated rings. The van der Waals surface area contributed by atoms with E-state index in [1.54, 1.807) is 12.3 Å². The molecule has 0 aliphatic heterocycles. The van der Waals surface area contributed by atoms with Crippen LogP contribution >= 0.6 is 11.3 Å². The average molecular weight is 277 g/mol. The highest BCUT2D eigenvalue weighted by molar-refractivity contribution is 7.17. The molecule has 2 N–H and O–H groups in total. The molecule has 0 unspecified atom stereocenters. The molecule has 0 atom stereocenters. The number of aromatic nitrogens is 1. The lowest BCUT2D eigenvalue weighted by molar-refractivity contribution is 0.0951. The van der Waals surface area contributed by atoms with Gasteiger partial charge >= 0.3 is 0 Å². The van der Waals surface area contributed by atoms with E-state index in [1.807, 2.05) is 13.0 Å². The Balaban J connectivity index is 1.63. The summed E-state index contributed by atoms with van der Waals surface area (Å²) in [5.74, 6) is 0.641. The number of nitrogens with zero attached hydrogens (tertiary/aromatic N) is 1. The molecule has 0 saturated heterocycles. The SMILES string of the molecule is Cc1nc(NC2CC2)sc1C(=O)NCc1ccco1. The molecule has 3 rings (SSSR count). The minimum atomic E-state index is -0.102. The first kappa shape index (κ1) is 12.2. The monoisotopic (exact) mass is 277 g/mol. The minimum Gasteiger partial charge on any atom is -0.467 e. The Bertz CT molecular complexity index is 573. The Morgan fingerprint density at radius 2 is 2.42 bits per heavy atom. The first-order valence-corrected chi connectivity index (χ1v) is 7.08. The molecule has 19 heavy (non-hydrogen) atoms. The average Bonchev–Trinajstić information content (AvgIpc) is 2.90. The molecule has 5 nitrogen and oxygen atoms in total. The zero-order valence-corrected chi connectivity index (χ0v) is 11.4. The fourth-order valence-electron chi connectivity index (χ4n) is 1.73. The largest absolute Gasteiger partial charge is 0.467 e. The van der Waals surface area contributed by atoms with E-state index in [0.717, 1.165) is 16.6 Å². The Morgan fingerprint density at radius 3 is 3.11 bits per heavy atom. The summed E-state index contributed by atoms with van der Waals surface area (Å²) in [5.41, 5.74) is 0.769. The highest BCUT2D eigenvalue weighted by atomic mass is 32.1. The second-order valence-corrected chi connectivity index (χ2v) is 5.61. The summed E-state index contributed by atoms with van der Waals surface area (Å²) in [6.45, 7) is 2.25. The maximum absolute atomic E-state index is 12.1. The van der Waals surface area contributed by atoms with Gasteiger partial charge in [-0.1, -0.05) is 11.3 Å². The van der Waals surface area contributed by atoms with Gasteiger partial charge in [0.05, 0.1) is 18.5 Å². The molecule has 1 aliphatic rings. The fraction of sp³-hybridized carbons (Fsp3) is 0.385. The van der Waals surface area contributed by atoms with Gasteiger partial charge in [-0.05, 0) is 31.9 Å². The summed E-state index contributed by atoms with van der Waals surface area (Å²) in [5, 5.41) is 6.98. The van der Waals surface area contributed by atoms with E-state index in [-0.39, 0.29) is 5.91 Å². The third kappa shape index (κ3) is 2.96. The fourth-order valence-corrected chi connectivity index (χ4v) is 2.69. The number of aryl methyl sites for hydroxylation is 1. The molecular formula is C13H15N3O2S. The maximum Gasteiger partial charge on any atom is 0.263 e. The van der Waals surface area contributed by atoms with Gasteiger partial charge in [0.2, 0.25) is 0 Å². The number of hydrogen-bond acceptors (Lipinski definition) is 5. The summed E-state index contributed by atoms with van der Waals surface area (Å²) in [6.07, 6.45) is 3.98. The van der Waals surface area contributed by atoms with Gasteiger partial charge in [-0.2, -0.15) is 0 Å². The zero-order valence-electron chi connectivity index (χ0n) is 10.6. The van der Waals surface area contributed by atoms with Gasteiger partial charge in [0.15, 0.2) is 5.13 Å². The summed E-state index contributed by atoms with van der Waals surface area (Å²) in [7, 11) is 0. The molecule has 2 aromatic heterocycles. The van der Waals surface area contributed by atoms with Crippen LogP contribution in [0.1, 0.15) is 34.0 Å². The minimum absolute atomic E-state index is 0.102. The van der Waals surface area contributed by atoms with Crippen LogP contribution in [0.15, 0.2) is 22.8 Å². The maximum atomic E-state index is 12.1. The van der Waals surface area contributed by atoms with Crippen LogP contribution in [0.5, 0.6) is 0 Å². The summed E-state index contributed by atoms with van der Waals surface area (Å²) in [6, 6.07) is 4.18. The lowest BCUT2D eigenvalue weighted by Crippen LogP contribution is -2.22. The molecule has 1 aliphatic carbocycles. The molecule has 2 aromatic rings. The molecule has 0 spiro atoms. The Hall–Kier alpha value is -1.82. The smallest absolute Gasteiger partial charge is 0.263 e. The van der Waals surface area contributed by atoms with Crippen LogP contribution in [0, 0.1) is 6.92 Å². The number of thiazole rings is 1. The van der Waals surface area contributed by atoms with Gasteiger partial charge in [0.25, 0.3) is 5.91 Å². The van der Waals surface area contributed by atoms with E-state index in [2.05, 4.69) is 15.6 Å². The van der Waals surface area contributed by atoms with Gasteiger partial charge < -0.3 is 15.1 Å². The van der Waals surface area contributed by atoms with Gasteiger partial charge in [0.1, 0.15) is 10.6 Å². The van der Waals surface area contributed by atoms with E-state index in [0.29, 0.717) is 17.5 Å². The number of hydrogen-bond donors (Lipinski definition) is 2. The normalized spacial score (nSPS) is 14.4. The number of carbonyl (C=O) groups is 1. The Morgan fingerprint density at radius 1 is 1.58 bits per heavy atom. The lowest BCUT2D eigenvalue weighted by Gasteiger charge is -2.01. The number of anilines is 1. The highest BCUT2D eigenvalue weighted by Gasteiger charge is 2.23. The second-order valence-electron chi connectivity index (χ2n) is 4.61. The van der Waals surface area contributed by atoms with Gasteiger partial charge in [-0.3, -0.25) is 4.79 Å². The standard InChI is InChI=1S/C13H15N3O2S/c1-8-11(19-13(15-8)16-9-4-5-9)12(17)14-7-10-3-2-6-18-10/h2-3,6,9H,4-5,7H2,1H3,(H,14,17)(H,15,16). The molecular weight excluding hydrogens is 262 g/mol. The predicted octanol–water partition coefficient (Wildman–Crippen LogP) is 2.55.